The van der Waals surface area contributed by atoms with E-state index in [1.165, 1.54) is 13.3 Å². The van der Waals surface area contributed by atoms with Crippen molar-refractivity contribution in [1.82, 2.24) is 5.32 Å². The van der Waals surface area contributed by atoms with Gasteiger partial charge >= 0.3 is 5.97 Å². The summed E-state index contributed by atoms with van der Waals surface area (Å²) in [6.07, 6.45) is 5.21. The molecule has 1 rings (SSSR count). The molecule has 0 bridgehead atoms. The molecule has 1 amide bonds. The second kappa shape index (κ2) is 5.30. The molecule has 1 fully saturated rings. The molecule has 1 unspecified atom stereocenters. The highest BCUT2D eigenvalue weighted by Crippen LogP contribution is 2.28. The van der Waals surface area contributed by atoms with E-state index in [1.54, 1.807) is 0 Å². The highest BCUT2D eigenvalue weighted by atomic mass is 16.4. The second-order valence-corrected chi connectivity index (χ2v) is 4.73. The molecule has 0 aromatic carbocycles. The zero-order valence-electron chi connectivity index (χ0n) is 9.66. The van der Waals surface area contributed by atoms with Crippen LogP contribution in [0.15, 0.2) is 0 Å². The van der Waals surface area contributed by atoms with Gasteiger partial charge in [0.25, 0.3) is 0 Å². The number of carboxylic acids is 1. The van der Waals surface area contributed by atoms with Crippen molar-refractivity contribution in [2.24, 2.45) is 5.73 Å². The van der Waals surface area contributed by atoms with Gasteiger partial charge in [-0.1, -0.05) is 19.3 Å². The van der Waals surface area contributed by atoms with E-state index in [2.05, 4.69) is 5.32 Å². The molecule has 0 heterocycles. The average molecular weight is 228 g/mol. The molecule has 1 aliphatic rings. The number of hydrogen-bond donors (Lipinski definition) is 3. The summed E-state index contributed by atoms with van der Waals surface area (Å²) in [4.78, 5) is 22.1. The highest BCUT2D eigenvalue weighted by molar-refractivity contribution is 5.83. The van der Waals surface area contributed by atoms with Gasteiger partial charge in [-0.2, -0.15) is 0 Å². The van der Waals surface area contributed by atoms with Crippen LogP contribution in [0.3, 0.4) is 0 Å². The Balaban J connectivity index is 2.41. The number of carboxylic acid groups (broad SMARTS) is 1. The molecule has 5 heteroatoms. The fraction of sp³-hybridized carbons (Fsp3) is 0.818. The molecule has 0 aliphatic heterocycles. The SMILES string of the molecule is CC(NC(=O)CC1(N)CCCCC1)C(=O)O. The number of carbonyl (C=O) groups is 2. The molecule has 1 saturated carbocycles. The molecule has 0 saturated heterocycles. The van der Waals surface area contributed by atoms with Gasteiger partial charge < -0.3 is 16.2 Å². The molecule has 5 nitrogen and oxygen atoms in total. The van der Waals surface area contributed by atoms with E-state index >= 15 is 0 Å². The molecule has 92 valence electrons. The van der Waals surface area contributed by atoms with Crippen molar-refractivity contribution < 1.29 is 14.7 Å². The zero-order valence-corrected chi connectivity index (χ0v) is 9.66. The summed E-state index contributed by atoms with van der Waals surface area (Å²) in [6, 6.07) is -0.848. The van der Waals surface area contributed by atoms with E-state index in [-0.39, 0.29) is 12.3 Å². The van der Waals surface area contributed by atoms with Gasteiger partial charge in [-0.25, -0.2) is 0 Å². The predicted octanol–water partition coefficient (Wildman–Crippen LogP) is 0.627. The Kier molecular flexibility index (Phi) is 4.29. The lowest BCUT2D eigenvalue weighted by Crippen LogP contribution is -2.48. The number of aliphatic carboxylic acids is 1. The Morgan fingerprint density at radius 3 is 2.44 bits per heavy atom. The van der Waals surface area contributed by atoms with E-state index in [0.717, 1.165) is 25.7 Å². The summed E-state index contributed by atoms with van der Waals surface area (Å²) in [5, 5.41) is 11.1. The molecule has 0 radical (unpaired) electrons. The van der Waals surface area contributed by atoms with Gasteiger partial charge in [0.05, 0.1) is 0 Å². The fourth-order valence-corrected chi connectivity index (χ4v) is 2.11. The number of amides is 1. The molecule has 0 aromatic heterocycles. The van der Waals surface area contributed by atoms with Crippen molar-refractivity contribution in [3.63, 3.8) is 0 Å². The monoisotopic (exact) mass is 228 g/mol. The maximum atomic E-state index is 11.6. The maximum absolute atomic E-state index is 11.6. The Morgan fingerprint density at radius 1 is 1.38 bits per heavy atom. The lowest BCUT2D eigenvalue weighted by Gasteiger charge is -2.32. The smallest absolute Gasteiger partial charge is 0.325 e. The van der Waals surface area contributed by atoms with Crippen LogP contribution in [0.5, 0.6) is 0 Å². The minimum atomic E-state index is -1.02. The first-order valence-corrected chi connectivity index (χ1v) is 5.74. The van der Waals surface area contributed by atoms with Gasteiger partial charge in [0, 0.05) is 12.0 Å². The van der Waals surface area contributed by atoms with Crippen molar-refractivity contribution in [2.75, 3.05) is 0 Å². The summed E-state index contributed by atoms with van der Waals surface area (Å²) < 4.78 is 0. The molecule has 0 spiro atoms. The third-order valence-electron chi connectivity index (χ3n) is 3.11. The number of nitrogens with one attached hydrogen (secondary N) is 1. The summed E-state index contributed by atoms with van der Waals surface area (Å²) in [5.74, 6) is -1.29. The topological polar surface area (TPSA) is 92.4 Å². The van der Waals surface area contributed by atoms with Crippen molar-refractivity contribution in [3.8, 4) is 0 Å². The molecule has 1 aliphatic carbocycles. The summed E-state index contributed by atoms with van der Waals surface area (Å²) in [5.41, 5.74) is 5.67. The third-order valence-corrected chi connectivity index (χ3v) is 3.11. The van der Waals surface area contributed by atoms with Gasteiger partial charge in [-0.3, -0.25) is 9.59 Å². The molecule has 16 heavy (non-hydrogen) atoms. The van der Waals surface area contributed by atoms with Gasteiger partial charge in [0.1, 0.15) is 6.04 Å². The Morgan fingerprint density at radius 2 is 1.94 bits per heavy atom. The van der Waals surface area contributed by atoms with E-state index in [9.17, 15) is 9.59 Å². The summed E-state index contributed by atoms with van der Waals surface area (Å²) in [6.45, 7) is 1.45. The zero-order chi connectivity index (χ0) is 12.2. The van der Waals surface area contributed by atoms with Gasteiger partial charge in [-0.05, 0) is 19.8 Å². The second-order valence-electron chi connectivity index (χ2n) is 4.73. The lowest BCUT2D eigenvalue weighted by atomic mass is 9.80. The van der Waals surface area contributed by atoms with Crippen molar-refractivity contribution in [2.45, 2.75) is 57.0 Å². The van der Waals surface area contributed by atoms with E-state index in [1.807, 2.05) is 0 Å². The van der Waals surface area contributed by atoms with Crippen LogP contribution in [0, 0.1) is 0 Å². The van der Waals surface area contributed by atoms with E-state index in [0.29, 0.717) is 0 Å². The standard InChI is InChI=1S/C11H20N2O3/c1-8(10(15)16)13-9(14)7-11(12)5-3-2-4-6-11/h8H,2-7,12H2,1H3,(H,13,14)(H,15,16). The number of hydrogen-bond acceptors (Lipinski definition) is 3. The lowest BCUT2D eigenvalue weighted by molar-refractivity contribution is -0.141. The molecule has 1 atom stereocenters. The van der Waals surface area contributed by atoms with Crippen molar-refractivity contribution in [3.05, 3.63) is 0 Å². The molecule has 0 aromatic rings. The third kappa shape index (κ3) is 3.81. The minimum absolute atomic E-state index is 0.227. The average Bonchev–Trinajstić information content (AvgIpc) is 2.17. The first-order chi connectivity index (χ1) is 7.43. The largest absolute Gasteiger partial charge is 0.480 e. The Hall–Kier alpha value is -1.10. The number of carbonyl (C=O) groups excluding carboxylic acids is 1. The van der Waals surface area contributed by atoms with Crippen LogP contribution in [-0.4, -0.2) is 28.6 Å². The quantitative estimate of drug-likeness (QED) is 0.658. The van der Waals surface area contributed by atoms with Crippen LogP contribution >= 0.6 is 0 Å². The van der Waals surface area contributed by atoms with Gasteiger partial charge in [0.2, 0.25) is 5.91 Å². The van der Waals surface area contributed by atoms with Crippen molar-refractivity contribution >= 4 is 11.9 Å². The number of rotatable bonds is 4. The molecular formula is C11H20N2O3. The first kappa shape index (κ1) is 13.0. The molecule has 4 N–H and O–H groups in total. The highest BCUT2D eigenvalue weighted by Gasteiger charge is 2.30. The van der Waals surface area contributed by atoms with Gasteiger partial charge in [0.15, 0.2) is 0 Å². The van der Waals surface area contributed by atoms with E-state index in [4.69, 9.17) is 10.8 Å². The maximum Gasteiger partial charge on any atom is 0.325 e. The van der Waals surface area contributed by atoms with E-state index < -0.39 is 17.6 Å². The predicted molar refractivity (Wildman–Crippen MR) is 59.9 cm³/mol. The summed E-state index contributed by atoms with van der Waals surface area (Å²) >= 11 is 0. The van der Waals surface area contributed by atoms with Gasteiger partial charge in [-0.15, -0.1) is 0 Å². The Labute approximate surface area is 95.4 Å². The molecular weight excluding hydrogens is 208 g/mol. The normalized spacial score (nSPS) is 21.1. The summed E-state index contributed by atoms with van der Waals surface area (Å²) in [7, 11) is 0. The number of nitrogens with two attached hydrogens (primary N) is 1. The van der Waals surface area contributed by atoms with Crippen LogP contribution in [0.2, 0.25) is 0 Å². The first-order valence-electron chi connectivity index (χ1n) is 5.74. The van der Waals surface area contributed by atoms with Crippen molar-refractivity contribution in [1.29, 1.82) is 0 Å². The fourth-order valence-electron chi connectivity index (χ4n) is 2.11. The minimum Gasteiger partial charge on any atom is -0.480 e. The van der Waals surface area contributed by atoms with Crippen LogP contribution in [0.25, 0.3) is 0 Å². The van der Waals surface area contributed by atoms with Crippen LogP contribution in [0.4, 0.5) is 0 Å². The van der Waals surface area contributed by atoms with Crippen LogP contribution < -0.4 is 11.1 Å². The Bertz CT molecular complexity index is 272. The van der Waals surface area contributed by atoms with Crippen LogP contribution in [0.1, 0.15) is 45.4 Å². The van der Waals surface area contributed by atoms with Crippen LogP contribution in [-0.2, 0) is 9.59 Å².